The van der Waals surface area contributed by atoms with Crippen LogP contribution in [0.4, 0.5) is 0 Å². The lowest BCUT2D eigenvalue weighted by molar-refractivity contribution is -0.146. The summed E-state index contributed by atoms with van der Waals surface area (Å²) < 4.78 is 10.6. The Labute approximate surface area is 140 Å². The first-order valence-corrected chi connectivity index (χ1v) is 8.02. The van der Waals surface area contributed by atoms with Crippen molar-refractivity contribution in [2.45, 2.75) is 46.5 Å². The van der Waals surface area contributed by atoms with Gasteiger partial charge in [0.25, 0.3) is 0 Å². The van der Waals surface area contributed by atoms with Gasteiger partial charge in [-0.05, 0) is 62.8 Å². The molecule has 0 unspecified atom stereocenters. The molecule has 24 heavy (non-hydrogen) atoms. The number of hydrogen-bond acceptors (Lipinski definition) is 5. The lowest BCUT2D eigenvalue weighted by Gasteiger charge is -2.24. The molecule has 6 nitrogen and oxygen atoms in total. The lowest BCUT2D eigenvalue weighted by atomic mass is 9.82. The summed E-state index contributed by atoms with van der Waals surface area (Å²) in [5.41, 5.74) is 1.42. The molecule has 6 heteroatoms. The van der Waals surface area contributed by atoms with Gasteiger partial charge in [0.1, 0.15) is 11.5 Å². The van der Waals surface area contributed by atoms with Crippen molar-refractivity contribution >= 4 is 17.9 Å². The molecule has 0 radical (unpaired) electrons. The first kappa shape index (κ1) is 18.0. The third kappa shape index (κ3) is 4.34. The highest BCUT2D eigenvalue weighted by Crippen LogP contribution is 2.32. The summed E-state index contributed by atoms with van der Waals surface area (Å²) in [6, 6.07) is 3.32. The van der Waals surface area contributed by atoms with Crippen molar-refractivity contribution in [3.8, 4) is 11.5 Å². The molecule has 1 aromatic rings. The van der Waals surface area contributed by atoms with E-state index in [1.807, 2.05) is 0 Å². The number of esters is 2. The van der Waals surface area contributed by atoms with Crippen LogP contribution in [0.15, 0.2) is 12.1 Å². The van der Waals surface area contributed by atoms with Gasteiger partial charge in [0.2, 0.25) is 0 Å². The number of carboxylic acids is 1. The van der Waals surface area contributed by atoms with E-state index in [4.69, 9.17) is 14.6 Å². The Morgan fingerprint density at radius 2 is 1.46 bits per heavy atom. The molecule has 0 atom stereocenters. The van der Waals surface area contributed by atoms with Crippen LogP contribution in [0.25, 0.3) is 0 Å². The minimum Gasteiger partial charge on any atom is -0.481 e. The van der Waals surface area contributed by atoms with E-state index < -0.39 is 11.9 Å². The third-order valence-electron chi connectivity index (χ3n) is 4.31. The van der Waals surface area contributed by atoms with Gasteiger partial charge in [-0.1, -0.05) is 0 Å². The van der Waals surface area contributed by atoms with Crippen LogP contribution in [-0.2, 0) is 14.4 Å². The molecule has 1 fully saturated rings. The van der Waals surface area contributed by atoms with E-state index in [2.05, 4.69) is 0 Å². The van der Waals surface area contributed by atoms with Crippen LogP contribution in [0.1, 0.15) is 43.7 Å². The second-order valence-electron chi connectivity index (χ2n) is 6.29. The van der Waals surface area contributed by atoms with Crippen LogP contribution in [-0.4, -0.2) is 23.0 Å². The van der Waals surface area contributed by atoms with Gasteiger partial charge in [-0.25, -0.2) is 0 Å². The molecule has 0 spiro atoms. The van der Waals surface area contributed by atoms with E-state index in [9.17, 15) is 14.4 Å². The van der Waals surface area contributed by atoms with Crippen molar-refractivity contribution in [2.24, 2.45) is 11.8 Å². The van der Waals surface area contributed by atoms with Crippen LogP contribution in [0.3, 0.4) is 0 Å². The van der Waals surface area contributed by atoms with Gasteiger partial charge >= 0.3 is 17.9 Å². The SMILES string of the molecule is CC(=O)Oc1c(C)cc(OC(=O)C2CCC(C(=O)O)CC2)cc1C. The second kappa shape index (κ2) is 7.47. The van der Waals surface area contributed by atoms with E-state index in [-0.39, 0.29) is 17.8 Å². The monoisotopic (exact) mass is 334 g/mol. The van der Waals surface area contributed by atoms with Crippen LogP contribution >= 0.6 is 0 Å². The molecule has 0 saturated heterocycles. The Kier molecular flexibility index (Phi) is 5.59. The molecule has 1 aromatic carbocycles. The van der Waals surface area contributed by atoms with Crippen molar-refractivity contribution in [3.63, 3.8) is 0 Å². The van der Waals surface area contributed by atoms with Gasteiger partial charge in [-0.3, -0.25) is 14.4 Å². The molecule has 2 rings (SSSR count). The molecule has 0 amide bonds. The summed E-state index contributed by atoms with van der Waals surface area (Å²) in [7, 11) is 0. The standard InChI is InChI=1S/C18H22O6/c1-10-8-15(9-11(2)16(10)23-12(3)19)24-18(22)14-6-4-13(5-7-14)17(20)21/h8-9,13-14H,4-7H2,1-3H3,(H,20,21). The first-order valence-electron chi connectivity index (χ1n) is 8.02. The molecule has 0 heterocycles. The first-order chi connectivity index (χ1) is 11.3. The summed E-state index contributed by atoms with van der Waals surface area (Å²) in [6.07, 6.45) is 2.05. The van der Waals surface area contributed by atoms with E-state index in [1.165, 1.54) is 6.92 Å². The highest BCUT2D eigenvalue weighted by atomic mass is 16.5. The summed E-state index contributed by atoms with van der Waals surface area (Å²) in [5.74, 6) is -1.28. The predicted molar refractivity (Wildman–Crippen MR) is 85.9 cm³/mol. The molecule has 1 saturated carbocycles. The Bertz CT molecular complexity index is 632. The third-order valence-corrected chi connectivity index (χ3v) is 4.31. The molecule has 1 N–H and O–H groups in total. The molecular weight excluding hydrogens is 312 g/mol. The topological polar surface area (TPSA) is 89.9 Å². The van der Waals surface area contributed by atoms with Crippen molar-refractivity contribution in [1.29, 1.82) is 0 Å². The number of carboxylic acid groups (broad SMARTS) is 1. The number of aryl methyl sites for hydroxylation is 2. The van der Waals surface area contributed by atoms with Gasteiger partial charge in [-0.15, -0.1) is 0 Å². The van der Waals surface area contributed by atoms with Gasteiger partial charge in [-0.2, -0.15) is 0 Å². The van der Waals surface area contributed by atoms with Gasteiger partial charge < -0.3 is 14.6 Å². The summed E-state index contributed by atoms with van der Waals surface area (Å²) >= 11 is 0. The van der Waals surface area contributed by atoms with Gasteiger partial charge in [0.15, 0.2) is 0 Å². The van der Waals surface area contributed by atoms with Crippen LogP contribution < -0.4 is 9.47 Å². The number of ether oxygens (including phenoxy) is 2. The van der Waals surface area contributed by atoms with E-state index >= 15 is 0 Å². The number of aliphatic carboxylic acids is 1. The number of carbonyl (C=O) groups is 3. The minimum absolute atomic E-state index is 0.269. The molecule has 1 aliphatic rings. The highest BCUT2D eigenvalue weighted by molar-refractivity contribution is 5.77. The fourth-order valence-corrected chi connectivity index (χ4v) is 3.05. The predicted octanol–water partition coefficient (Wildman–Crippen LogP) is 3.03. The Morgan fingerprint density at radius 1 is 0.958 bits per heavy atom. The van der Waals surface area contributed by atoms with E-state index in [0.717, 1.165) is 0 Å². The maximum absolute atomic E-state index is 12.3. The quantitative estimate of drug-likeness (QED) is 0.672. The Hall–Kier alpha value is -2.37. The minimum atomic E-state index is -0.797. The zero-order valence-corrected chi connectivity index (χ0v) is 14.1. The van der Waals surface area contributed by atoms with Crippen molar-refractivity contribution in [1.82, 2.24) is 0 Å². The number of carbonyl (C=O) groups excluding carboxylic acids is 2. The van der Waals surface area contributed by atoms with Crippen molar-refractivity contribution in [2.75, 3.05) is 0 Å². The van der Waals surface area contributed by atoms with Crippen LogP contribution in [0, 0.1) is 25.7 Å². The average Bonchev–Trinajstić information content (AvgIpc) is 2.50. The number of hydrogen-bond donors (Lipinski definition) is 1. The highest BCUT2D eigenvalue weighted by Gasteiger charge is 2.31. The number of rotatable bonds is 4. The molecule has 0 aromatic heterocycles. The maximum atomic E-state index is 12.3. The second-order valence-corrected chi connectivity index (χ2v) is 6.29. The smallest absolute Gasteiger partial charge is 0.314 e. The normalized spacial score (nSPS) is 20.3. The Balaban J connectivity index is 2.02. The Morgan fingerprint density at radius 3 is 1.92 bits per heavy atom. The molecule has 0 aliphatic heterocycles. The summed E-state index contributed by atoms with van der Waals surface area (Å²) in [4.78, 5) is 34.3. The molecule has 0 bridgehead atoms. The lowest BCUT2D eigenvalue weighted by Crippen LogP contribution is -2.28. The zero-order chi connectivity index (χ0) is 17.9. The average molecular weight is 334 g/mol. The van der Waals surface area contributed by atoms with Gasteiger partial charge in [0.05, 0.1) is 11.8 Å². The summed E-state index contributed by atoms with van der Waals surface area (Å²) in [6.45, 7) is 4.89. The molecular formula is C18H22O6. The van der Waals surface area contributed by atoms with Crippen molar-refractivity contribution in [3.05, 3.63) is 23.3 Å². The van der Waals surface area contributed by atoms with Gasteiger partial charge in [0, 0.05) is 6.92 Å². The molecule has 1 aliphatic carbocycles. The fourth-order valence-electron chi connectivity index (χ4n) is 3.05. The fraction of sp³-hybridized carbons (Fsp3) is 0.500. The van der Waals surface area contributed by atoms with Crippen LogP contribution in [0.5, 0.6) is 11.5 Å². The van der Waals surface area contributed by atoms with Crippen molar-refractivity contribution < 1.29 is 29.0 Å². The van der Waals surface area contributed by atoms with Crippen LogP contribution in [0.2, 0.25) is 0 Å². The van der Waals surface area contributed by atoms with E-state index in [1.54, 1.807) is 26.0 Å². The zero-order valence-electron chi connectivity index (χ0n) is 14.1. The maximum Gasteiger partial charge on any atom is 0.314 e. The van der Waals surface area contributed by atoms with E-state index in [0.29, 0.717) is 48.3 Å². The largest absolute Gasteiger partial charge is 0.481 e. The number of benzene rings is 1. The summed E-state index contributed by atoms with van der Waals surface area (Å²) in [5, 5.41) is 9.00. The molecule has 130 valence electrons.